The summed E-state index contributed by atoms with van der Waals surface area (Å²) < 4.78 is 5.09. The minimum absolute atomic E-state index is 0.0980. The van der Waals surface area contributed by atoms with Gasteiger partial charge in [0.1, 0.15) is 5.76 Å². The van der Waals surface area contributed by atoms with Crippen LogP contribution >= 0.6 is 0 Å². The van der Waals surface area contributed by atoms with Gasteiger partial charge in [-0.3, -0.25) is 5.32 Å². The first-order valence-electron chi connectivity index (χ1n) is 5.18. The summed E-state index contributed by atoms with van der Waals surface area (Å²) in [5.74, 6) is 0.820. The van der Waals surface area contributed by atoms with E-state index in [-0.39, 0.29) is 12.1 Å². The van der Waals surface area contributed by atoms with Crippen molar-refractivity contribution in [2.75, 3.05) is 0 Å². The summed E-state index contributed by atoms with van der Waals surface area (Å²) in [5.41, 5.74) is 1.95. The average Bonchev–Trinajstić information content (AvgIpc) is 2.55. The van der Waals surface area contributed by atoms with Crippen LogP contribution in [0.2, 0.25) is 0 Å². The SMILES string of the molecule is CCC(C#N)NC(C)c1c(C)noc1C. The molecule has 0 fully saturated rings. The summed E-state index contributed by atoms with van der Waals surface area (Å²) in [7, 11) is 0. The standard InChI is InChI=1S/C11H17N3O/c1-5-10(6-12)13-7(2)11-8(3)14-15-9(11)4/h7,10,13H,5H2,1-4H3. The molecule has 4 heteroatoms. The molecule has 1 aromatic rings. The van der Waals surface area contributed by atoms with E-state index in [9.17, 15) is 0 Å². The first-order chi connectivity index (χ1) is 7.10. The number of nitriles is 1. The second-order valence-corrected chi connectivity index (χ2v) is 3.72. The molecule has 0 aliphatic rings. The minimum Gasteiger partial charge on any atom is -0.361 e. The summed E-state index contributed by atoms with van der Waals surface area (Å²) in [6.45, 7) is 7.81. The Bertz CT molecular complexity index is 345. The highest BCUT2D eigenvalue weighted by Crippen LogP contribution is 2.21. The molecule has 82 valence electrons. The number of aryl methyl sites for hydroxylation is 2. The maximum atomic E-state index is 8.86. The highest BCUT2D eigenvalue weighted by atomic mass is 16.5. The van der Waals surface area contributed by atoms with Crippen molar-refractivity contribution in [2.45, 2.75) is 46.2 Å². The van der Waals surface area contributed by atoms with E-state index in [1.165, 1.54) is 0 Å². The van der Waals surface area contributed by atoms with Crippen LogP contribution in [0.25, 0.3) is 0 Å². The third kappa shape index (κ3) is 2.57. The zero-order valence-corrected chi connectivity index (χ0v) is 9.66. The van der Waals surface area contributed by atoms with E-state index >= 15 is 0 Å². The second kappa shape index (κ2) is 4.94. The molecule has 0 bridgehead atoms. The van der Waals surface area contributed by atoms with E-state index in [4.69, 9.17) is 9.78 Å². The van der Waals surface area contributed by atoms with Crippen LogP contribution in [-0.2, 0) is 0 Å². The number of nitrogens with zero attached hydrogens (tertiary/aromatic N) is 2. The Labute approximate surface area is 90.3 Å². The number of rotatable bonds is 4. The molecule has 4 nitrogen and oxygen atoms in total. The number of nitrogens with one attached hydrogen (secondary N) is 1. The zero-order chi connectivity index (χ0) is 11.4. The van der Waals surface area contributed by atoms with Gasteiger partial charge in [-0.15, -0.1) is 0 Å². The van der Waals surface area contributed by atoms with Gasteiger partial charge in [-0.2, -0.15) is 5.26 Å². The number of hydrogen-bond acceptors (Lipinski definition) is 4. The Morgan fingerprint density at radius 3 is 2.60 bits per heavy atom. The molecular weight excluding hydrogens is 190 g/mol. The minimum atomic E-state index is -0.117. The fraction of sp³-hybridized carbons (Fsp3) is 0.636. The van der Waals surface area contributed by atoms with Gasteiger partial charge < -0.3 is 4.52 Å². The molecule has 2 atom stereocenters. The predicted octanol–water partition coefficient (Wildman–Crippen LogP) is 2.24. The zero-order valence-electron chi connectivity index (χ0n) is 9.66. The van der Waals surface area contributed by atoms with Crippen LogP contribution in [0.3, 0.4) is 0 Å². The molecule has 0 saturated carbocycles. The van der Waals surface area contributed by atoms with Crippen molar-refractivity contribution in [3.8, 4) is 6.07 Å². The lowest BCUT2D eigenvalue weighted by atomic mass is 10.1. The van der Waals surface area contributed by atoms with Crippen molar-refractivity contribution < 1.29 is 4.52 Å². The van der Waals surface area contributed by atoms with Gasteiger partial charge in [-0.1, -0.05) is 12.1 Å². The molecule has 0 saturated heterocycles. The van der Waals surface area contributed by atoms with Gasteiger partial charge in [-0.05, 0) is 27.2 Å². The molecule has 0 amide bonds. The van der Waals surface area contributed by atoms with Crippen LogP contribution in [0.15, 0.2) is 4.52 Å². The fourth-order valence-electron chi connectivity index (χ4n) is 1.74. The molecule has 0 radical (unpaired) electrons. The number of aromatic nitrogens is 1. The second-order valence-electron chi connectivity index (χ2n) is 3.72. The smallest absolute Gasteiger partial charge is 0.138 e. The average molecular weight is 207 g/mol. The van der Waals surface area contributed by atoms with Crippen molar-refractivity contribution in [3.05, 3.63) is 17.0 Å². The molecule has 1 aromatic heterocycles. The van der Waals surface area contributed by atoms with E-state index < -0.39 is 0 Å². The molecule has 0 spiro atoms. The summed E-state index contributed by atoms with van der Waals surface area (Å²) in [5, 5.41) is 16.0. The van der Waals surface area contributed by atoms with Gasteiger partial charge in [-0.25, -0.2) is 0 Å². The summed E-state index contributed by atoms with van der Waals surface area (Å²) in [6.07, 6.45) is 0.796. The third-order valence-corrected chi connectivity index (χ3v) is 2.54. The van der Waals surface area contributed by atoms with Crippen molar-refractivity contribution in [1.29, 1.82) is 5.26 Å². The maximum Gasteiger partial charge on any atom is 0.138 e. The molecule has 0 aliphatic carbocycles. The van der Waals surface area contributed by atoms with Crippen LogP contribution in [0.5, 0.6) is 0 Å². The van der Waals surface area contributed by atoms with E-state index in [1.54, 1.807) is 0 Å². The van der Waals surface area contributed by atoms with Gasteiger partial charge in [0.05, 0.1) is 17.8 Å². The van der Waals surface area contributed by atoms with Gasteiger partial charge in [0.25, 0.3) is 0 Å². The Kier molecular flexibility index (Phi) is 3.87. The van der Waals surface area contributed by atoms with E-state index in [2.05, 4.69) is 16.5 Å². The lowest BCUT2D eigenvalue weighted by Crippen LogP contribution is -2.30. The molecule has 1 heterocycles. The summed E-state index contributed by atoms with van der Waals surface area (Å²) in [4.78, 5) is 0. The highest BCUT2D eigenvalue weighted by molar-refractivity contribution is 5.24. The Balaban J connectivity index is 2.77. The van der Waals surface area contributed by atoms with E-state index in [1.807, 2.05) is 27.7 Å². The first kappa shape index (κ1) is 11.7. The lowest BCUT2D eigenvalue weighted by Gasteiger charge is -2.16. The Morgan fingerprint density at radius 1 is 1.53 bits per heavy atom. The molecule has 0 aromatic carbocycles. The van der Waals surface area contributed by atoms with Crippen LogP contribution in [0.4, 0.5) is 0 Å². The van der Waals surface area contributed by atoms with Gasteiger partial charge in [0.15, 0.2) is 0 Å². The molecule has 2 unspecified atom stereocenters. The van der Waals surface area contributed by atoms with Crippen molar-refractivity contribution in [2.24, 2.45) is 0 Å². The quantitative estimate of drug-likeness (QED) is 0.822. The van der Waals surface area contributed by atoms with Crippen molar-refractivity contribution in [3.63, 3.8) is 0 Å². The Morgan fingerprint density at radius 2 is 2.20 bits per heavy atom. The molecular formula is C11H17N3O. The molecule has 15 heavy (non-hydrogen) atoms. The fourth-order valence-corrected chi connectivity index (χ4v) is 1.74. The molecule has 0 aliphatic heterocycles. The summed E-state index contributed by atoms with van der Waals surface area (Å²) in [6, 6.07) is 2.20. The monoisotopic (exact) mass is 207 g/mol. The maximum absolute atomic E-state index is 8.86. The van der Waals surface area contributed by atoms with Crippen LogP contribution in [0, 0.1) is 25.2 Å². The topological polar surface area (TPSA) is 61.9 Å². The third-order valence-electron chi connectivity index (χ3n) is 2.54. The van der Waals surface area contributed by atoms with Crippen LogP contribution < -0.4 is 5.32 Å². The Hall–Kier alpha value is -1.34. The van der Waals surface area contributed by atoms with E-state index in [0.717, 1.165) is 23.4 Å². The molecule has 1 rings (SSSR count). The largest absolute Gasteiger partial charge is 0.361 e. The first-order valence-corrected chi connectivity index (χ1v) is 5.18. The van der Waals surface area contributed by atoms with E-state index in [0.29, 0.717) is 0 Å². The normalized spacial score (nSPS) is 14.6. The van der Waals surface area contributed by atoms with Crippen LogP contribution in [-0.4, -0.2) is 11.2 Å². The van der Waals surface area contributed by atoms with Gasteiger partial charge in [0, 0.05) is 11.6 Å². The van der Waals surface area contributed by atoms with Crippen molar-refractivity contribution >= 4 is 0 Å². The van der Waals surface area contributed by atoms with Gasteiger partial charge in [0.2, 0.25) is 0 Å². The highest BCUT2D eigenvalue weighted by Gasteiger charge is 2.18. The van der Waals surface area contributed by atoms with Gasteiger partial charge >= 0.3 is 0 Å². The predicted molar refractivity (Wildman–Crippen MR) is 57.2 cm³/mol. The van der Waals surface area contributed by atoms with Crippen LogP contribution in [0.1, 0.15) is 43.3 Å². The van der Waals surface area contributed by atoms with Crippen molar-refractivity contribution in [1.82, 2.24) is 10.5 Å². The number of hydrogen-bond donors (Lipinski definition) is 1. The lowest BCUT2D eigenvalue weighted by molar-refractivity contribution is 0.390. The summed E-state index contributed by atoms with van der Waals surface area (Å²) >= 11 is 0. The molecule has 1 N–H and O–H groups in total.